The highest BCUT2D eigenvalue weighted by Gasteiger charge is 2.37. The number of H-pyrrole nitrogens is 1. The van der Waals surface area contributed by atoms with E-state index in [1.165, 1.54) is 11.2 Å². The second kappa shape index (κ2) is 5.24. The number of rotatable bonds is 3. The molecule has 1 aromatic rings. The number of aromatic amines is 1. The number of piperidine rings is 1. The van der Waals surface area contributed by atoms with E-state index < -0.39 is 17.9 Å². The van der Waals surface area contributed by atoms with Crippen molar-refractivity contribution in [3.8, 4) is 0 Å². The first kappa shape index (κ1) is 13.9. The van der Waals surface area contributed by atoms with Crippen LogP contribution in [0.3, 0.4) is 0 Å². The van der Waals surface area contributed by atoms with Gasteiger partial charge < -0.3 is 14.6 Å². The molecular weight excluding hydrogens is 251 g/mol. The van der Waals surface area contributed by atoms with Crippen LogP contribution < -0.4 is 0 Å². The fraction of sp³-hybridized carbons (Fsp3) is 0.750. The Morgan fingerprint density at radius 3 is 2.89 bits per heavy atom. The van der Waals surface area contributed by atoms with Gasteiger partial charge in [-0.3, -0.25) is 4.79 Å². The molecule has 0 bridgehead atoms. The Balaban J connectivity index is 1.96. The monoisotopic (exact) mass is 270 g/mol. The molecule has 1 aliphatic heterocycles. The SMILES string of the molecule is CC(C)(C)O[C@H]1CC(=O)N(Cc2nnc[nH]2)C[C@H]1F. The molecule has 1 saturated heterocycles. The average molecular weight is 270 g/mol. The fourth-order valence-corrected chi connectivity index (χ4v) is 2.07. The largest absolute Gasteiger partial charge is 0.369 e. The Bertz CT molecular complexity index is 429. The maximum atomic E-state index is 14.1. The Morgan fingerprint density at radius 1 is 1.58 bits per heavy atom. The second-order valence-corrected chi connectivity index (χ2v) is 5.70. The molecule has 0 aliphatic carbocycles. The van der Waals surface area contributed by atoms with Gasteiger partial charge in [0.2, 0.25) is 5.91 Å². The van der Waals surface area contributed by atoms with Crippen molar-refractivity contribution < 1.29 is 13.9 Å². The van der Waals surface area contributed by atoms with Gasteiger partial charge in [0.15, 0.2) is 0 Å². The van der Waals surface area contributed by atoms with Gasteiger partial charge in [-0.05, 0) is 20.8 Å². The molecule has 0 saturated carbocycles. The number of carbonyl (C=O) groups is 1. The second-order valence-electron chi connectivity index (χ2n) is 5.70. The number of alkyl halides is 1. The molecule has 2 heterocycles. The minimum Gasteiger partial charge on any atom is -0.369 e. The summed E-state index contributed by atoms with van der Waals surface area (Å²) in [5, 5.41) is 7.43. The van der Waals surface area contributed by atoms with Crippen molar-refractivity contribution in [2.24, 2.45) is 0 Å². The van der Waals surface area contributed by atoms with Crippen molar-refractivity contribution >= 4 is 5.91 Å². The van der Waals surface area contributed by atoms with Crippen LogP contribution in [0, 0.1) is 0 Å². The van der Waals surface area contributed by atoms with Crippen molar-refractivity contribution in [1.29, 1.82) is 0 Å². The molecule has 1 N–H and O–H groups in total. The van der Waals surface area contributed by atoms with Crippen LogP contribution in [0.4, 0.5) is 4.39 Å². The summed E-state index contributed by atoms with van der Waals surface area (Å²) < 4.78 is 19.7. The van der Waals surface area contributed by atoms with E-state index in [1.54, 1.807) is 0 Å². The number of carbonyl (C=O) groups excluding carboxylic acids is 1. The summed E-state index contributed by atoms with van der Waals surface area (Å²) in [6, 6.07) is 0. The Kier molecular flexibility index (Phi) is 3.84. The molecule has 2 atom stereocenters. The van der Waals surface area contributed by atoms with Crippen LogP contribution in [0.2, 0.25) is 0 Å². The highest BCUT2D eigenvalue weighted by molar-refractivity contribution is 5.77. The van der Waals surface area contributed by atoms with Gasteiger partial charge in [-0.15, -0.1) is 10.2 Å². The molecule has 0 radical (unpaired) electrons. The topological polar surface area (TPSA) is 71.1 Å². The lowest BCUT2D eigenvalue weighted by molar-refractivity contribution is -0.155. The zero-order valence-electron chi connectivity index (χ0n) is 11.4. The lowest BCUT2D eigenvalue weighted by atomic mass is 10.0. The van der Waals surface area contributed by atoms with E-state index in [1.807, 2.05) is 20.8 Å². The minimum atomic E-state index is -1.18. The molecular formula is C12H19FN4O2. The number of nitrogens with one attached hydrogen (secondary N) is 1. The first-order valence-electron chi connectivity index (χ1n) is 6.30. The molecule has 0 spiro atoms. The first-order valence-corrected chi connectivity index (χ1v) is 6.30. The molecule has 1 aliphatic rings. The van der Waals surface area contributed by atoms with Crippen LogP contribution in [-0.2, 0) is 16.1 Å². The Hall–Kier alpha value is -1.50. The molecule has 0 unspecified atom stereocenters. The molecule has 106 valence electrons. The number of nitrogens with zero attached hydrogens (tertiary/aromatic N) is 3. The van der Waals surface area contributed by atoms with Crippen molar-refractivity contribution in [1.82, 2.24) is 20.1 Å². The van der Waals surface area contributed by atoms with Crippen LogP contribution in [-0.4, -0.2) is 50.4 Å². The number of halogens is 1. The summed E-state index contributed by atoms with van der Waals surface area (Å²) in [5.74, 6) is 0.426. The summed E-state index contributed by atoms with van der Waals surface area (Å²) in [5.41, 5.74) is -0.456. The molecule has 1 fully saturated rings. The van der Waals surface area contributed by atoms with Crippen molar-refractivity contribution in [2.75, 3.05) is 6.54 Å². The number of hydrogen-bond acceptors (Lipinski definition) is 4. The third-order valence-electron chi connectivity index (χ3n) is 2.84. The number of ether oxygens (including phenoxy) is 1. The van der Waals surface area contributed by atoms with Gasteiger partial charge in [0.25, 0.3) is 0 Å². The molecule has 1 amide bonds. The number of aromatic nitrogens is 3. The average Bonchev–Trinajstić information content (AvgIpc) is 2.76. The highest BCUT2D eigenvalue weighted by Crippen LogP contribution is 2.24. The molecule has 6 nitrogen and oxygen atoms in total. The fourth-order valence-electron chi connectivity index (χ4n) is 2.07. The maximum absolute atomic E-state index is 14.1. The summed E-state index contributed by atoms with van der Waals surface area (Å²) in [7, 11) is 0. The lowest BCUT2D eigenvalue weighted by Crippen LogP contribution is -2.50. The number of amides is 1. The van der Waals surface area contributed by atoms with E-state index >= 15 is 0 Å². The zero-order chi connectivity index (χ0) is 14.0. The molecule has 19 heavy (non-hydrogen) atoms. The van der Waals surface area contributed by atoms with E-state index in [2.05, 4.69) is 15.2 Å². The van der Waals surface area contributed by atoms with Gasteiger partial charge in [0, 0.05) is 0 Å². The van der Waals surface area contributed by atoms with Gasteiger partial charge in [-0.2, -0.15) is 0 Å². The molecule has 7 heteroatoms. The zero-order valence-corrected chi connectivity index (χ0v) is 11.4. The van der Waals surface area contributed by atoms with Gasteiger partial charge in [-0.25, -0.2) is 4.39 Å². The summed E-state index contributed by atoms with van der Waals surface area (Å²) in [6.45, 7) is 5.84. The predicted molar refractivity (Wildman–Crippen MR) is 65.9 cm³/mol. The number of likely N-dealkylation sites (tertiary alicyclic amines) is 1. The third kappa shape index (κ3) is 3.73. The van der Waals surface area contributed by atoms with Gasteiger partial charge >= 0.3 is 0 Å². The first-order chi connectivity index (χ1) is 8.85. The van der Waals surface area contributed by atoms with E-state index in [0.717, 1.165) is 0 Å². The summed E-state index contributed by atoms with van der Waals surface area (Å²) in [4.78, 5) is 16.2. The molecule has 1 aromatic heterocycles. The van der Waals surface area contributed by atoms with Crippen LogP contribution in [0.15, 0.2) is 6.33 Å². The molecule has 2 rings (SSSR count). The lowest BCUT2D eigenvalue weighted by Gasteiger charge is -2.37. The van der Waals surface area contributed by atoms with Crippen LogP contribution in [0.5, 0.6) is 0 Å². The van der Waals surface area contributed by atoms with Crippen molar-refractivity contribution in [3.05, 3.63) is 12.2 Å². The summed E-state index contributed by atoms with van der Waals surface area (Å²) >= 11 is 0. The Morgan fingerprint density at radius 2 is 2.32 bits per heavy atom. The smallest absolute Gasteiger partial charge is 0.225 e. The van der Waals surface area contributed by atoms with Gasteiger partial charge in [0.05, 0.1) is 31.2 Å². The van der Waals surface area contributed by atoms with Gasteiger partial charge in [-0.1, -0.05) is 0 Å². The highest BCUT2D eigenvalue weighted by atomic mass is 19.1. The van der Waals surface area contributed by atoms with Crippen LogP contribution in [0.1, 0.15) is 33.0 Å². The van der Waals surface area contributed by atoms with E-state index in [9.17, 15) is 9.18 Å². The normalized spacial score (nSPS) is 24.8. The Labute approximate surface area is 111 Å². The van der Waals surface area contributed by atoms with Crippen molar-refractivity contribution in [3.63, 3.8) is 0 Å². The summed E-state index contributed by atoms with van der Waals surface area (Å²) in [6.07, 6.45) is -0.354. The predicted octanol–water partition coefficient (Wildman–Crippen LogP) is 1.06. The quantitative estimate of drug-likeness (QED) is 0.891. The maximum Gasteiger partial charge on any atom is 0.225 e. The van der Waals surface area contributed by atoms with E-state index in [-0.39, 0.29) is 25.4 Å². The third-order valence-corrected chi connectivity index (χ3v) is 2.84. The number of hydrogen-bond donors (Lipinski definition) is 1. The van der Waals surface area contributed by atoms with Gasteiger partial charge in [0.1, 0.15) is 18.3 Å². The standard InChI is InChI=1S/C12H19FN4O2/c1-12(2,3)19-9-4-11(18)17(5-8(9)13)6-10-14-7-15-16-10/h7-9H,4-6H2,1-3H3,(H,14,15,16)/t8-,9+/m1/s1. The van der Waals surface area contributed by atoms with E-state index in [0.29, 0.717) is 5.82 Å². The minimum absolute atomic E-state index is 0.0281. The van der Waals surface area contributed by atoms with E-state index in [4.69, 9.17) is 4.74 Å². The van der Waals surface area contributed by atoms with Crippen LogP contribution >= 0.6 is 0 Å². The van der Waals surface area contributed by atoms with Crippen LogP contribution in [0.25, 0.3) is 0 Å². The molecule has 0 aromatic carbocycles. The van der Waals surface area contributed by atoms with Crippen molar-refractivity contribution in [2.45, 2.75) is 51.6 Å².